The number of nitrogens with zero attached hydrogens (tertiary/aromatic N) is 3. The van der Waals surface area contributed by atoms with Crippen molar-refractivity contribution in [3.05, 3.63) is 41.1 Å². The second kappa shape index (κ2) is 6.71. The molecule has 7 heteroatoms. The van der Waals surface area contributed by atoms with Gasteiger partial charge in [0, 0.05) is 17.7 Å². The van der Waals surface area contributed by atoms with Crippen LogP contribution in [0.25, 0.3) is 0 Å². The van der Waals surface area contributed by atoms with Crippen molar-refractivity contribution < 1.29 is 9.53 Å². The Kier molecular flexibility index (Phi) is 4.50. The van der Waals surface area contributed by atoms with Gasteiger partial charge in [-0.1, -0.05) is 37.7 Å². The van der Waals surface area contributed by atoms with E-state index in [-0.39, 0.29) is 17.2 Å². The van der Waals surface area contributed by atoms with E-state index in [0.29, 0.717) is 24.1 Å². The van der Waals surface area contributed by atoms with Crippen LogP contribution in [0, 0.1) is 5.41 Å². The summed E-state index contributed by atoms with van der Waals surface area (Å²) in [6, 6.07) is 7.67. The molecule has 1 aromatic carbocycles. The van der Waals surface area contributed by atoms with E-state index in [2.05, 4.69) is 29.2 Å². The van der Waals surface area contributed by atoms with Crippen LogP contribution in [0.15, 0.2) is 40.7 Å². The molecule has 1 aromatic heterocycles. The number of hydrogen-bond acceptors (Lipinski definition) is 6. The number of nitrogens with one attached hydrogen (secondary N) is 1. The number of allylic oxidation sites excluding steroid dienone is 2. The molecule has 2 aliphatic rings. The Bertz CT molecular complexity index is 915. The minimum absolute atomic E-state index is 0.0587. The summed E-state index contributed by atoms with van der Waals surface area (Å²) in [7, 11) is 0. The van der Waals surface area contributed by atoms with Gasteiger partial charge in [0.15, 0.2) is 5.78 Å². The summed E-state index contributed by atoms with van der Waals surface area (Å²) in [5, 5.41) is 8.71. The number of aromatic nitrogens is 3. The monoisotopic (exact) mass is 384 g/mol. The third-order valence-corrected chi connectivity index (χ3v) is 5.54. The van der Waals surface area contributed by atoms with Gasteiger partial charge >= 0.3 is 0 Å². The third kappa shape index (κ3) is 3.25. The van der Waals surface area contributed by atoms with Gasteiger partial charge < -0.3 is 10.1 Å². The number of carbonyl (C=O) groups excluding carboxylic acids is 1. The van der Waals surface area contributed by atoms with E-state index in [0.717, 1.165) is 29.0 Å². The zero-order valence-corrected chi connectivity index (χ0v) is 16.9. The van der Waals surface area contributed by atoms with Crippen LogP contribution in [0.1, 0.15) is 45.2 Å². The highest BCUT2D eigenvalue weighted by molar-refractivity contribution is 7.98. The van der Waals surface area contributed by atoms with Crippen LogP contribution in [-0.2, 0) is 4.79 Å². The lowest BCUT2D eigenvalue weighted by molar-refractivity contribution is -0.118. The molecule has 27 heavy (non-hydrogen) atoms. The van der Waals surface area contributed by atoms with Gasteiger partial charge in [0.05, 0.1) is 6.61 Å². The fourth-order valence-electron chi connectivity index (χ4n) is 3.90. The van der Waals surface area contributed by atoms with E-state index >= 15 is 0 Å². The van der Waals surface area contributed by atoms with Gasteiger partial charge in [-0.05, 0) is 42.7 Å². The standard InChI is InChI=1S/C20H24N4O2S/c1-5-26-13-8-6-12(7-9-13)17-16-14(10-20(2,3)11-15(16)25)21-18-22-19(27-4)23-24(17)18/h6-9,17H,5,10-11H2,1-4H3,(H,21,22,23). The molecular weight excluding hydrogens is 360 g/mol. The van der Waals surface area contributed by atoms with E-state index in [4.69, 9.17) is 4.74 Å². The summed E-state index contributed by atoms with van der Waals surface area (Å²) in [6.45, 7) is 6.86. The fraction of sp³-hybridized carbons (Fsp3) is 0.450. The maximum Gasteiger partial charge on any atom is 0.227 e. The van der Waals surface area contributed by atoms with E-state index in [1.165, 1.54) is 11.8 Å². The Labute approximate surface area is 163 Å². The number of rotatable bonds is 4. The lowest BCUT2D eigenvalue weighted by atomic mass is 9.73. The Morgan fingerprint density at radius 1 is 1.30 bits per heavy atom. The Balaban J connectivity index is 1.84. The molecule has 0 fully saturated rings. The quantitative estimate of drug-likeness (QED) is 0.802. The number of carbonyl (C=O) groups is 1. The number of Topliss-reactive ketones (excluding diaryl/α,β-unsaturated/α-hetero) is 1. The van der Waals surface area contributed by atoms with Gasteiger partial charge in [0.1, 0.15) is 11.8 Å². The molecule has 1 atom stereocenters. The van der Waals surface area contributed by atoms with Gasteiger partial charge in [-0.15, -0.1) is 5.10 Å². The number of hydrogen-bond donors (Lipinski definition) is 1. The number of fused-ring (bicyclic) bond motifs is 1. The molecule has 4 rings (SSSR count). The molecular formula is C20H24N4O2S. The van der Waals surface area contributed by atoms with E-state index < -0.39 is 0 Å². The fourth-order valence-corrected chi connectivity index (χ4v) is 4.24. The van der Waals surface area contributed by atoms with Crippen LogP contribution in [-0.4, -0.2) is 33.4 Å². The van der Waals surface area contributed by atoms with E-state index in [1.54, 1.807) is 0 Å². The number of benzene rings is 1. The summed E-state index contributed by atoms with van der Waals surface area (Å²) < 4.78 is 7.41. The summed E-state index contributed by atoms with van der Waals surface area (Å²) >= 11 is 1.50. The first-order valence-electron chi connectivity index (χ1n) is 9.18. The Hall–Kier alpha value is -2.28. The minimum Gasteiger partial charge on any atom is -0.494 e. The average molecular weight is 385 g/mol. The first-order valence-corrected chi connectivity index (χ1v) is 10.4. The predicted octanol–water partition coefficient (Wildman–Crippen LogP) is 4.06. The second-order valence-corrected chi connectivity index (χ2v) is 8.50. The molecule has 6 nitrogen and oxygen atoms in total. The van der Waals surface area contributed by atoms with Gasteiger partial charge in [-0.3, -0.25) is 4.79 Å². The van der Waals surface area contributed by atoms with E-state index in [1.807, 2.05) is 42.1 Å². The number of anilines is 1. The van der Waals surface area contributed by atoms with Gasteiger partial charge in [0.2, 0.25) is 11.1 Å². The Morgan fingerprint density at radius 3 is 2.70 bits per heavy atom. The maximum absolute atomic E-state index is 13.1. The normalized spacial score (nSPS) is 20.7. The van der Waals surface area contributed by atoms with Gasteiger partial charge in [-0.25, -0.2) is 4.68 Å². The molecule has 0 spiro atoms. The molecule has 1 unspecified atom stereocenters. The zero-order chi connectivity index (χ0) is 19.2. The lowest BCUT2D eigenvalue weighted by Crippen LogP contribution is -2.36. The van der Waals surface area contributed by atoms with E-state index in [9.17, 15) is 4.79 Å². The molecule has 1 aliphatic carbocycles. The molecule has 2 heterocycles. The van der Waals surface area contributed by atoms with Crippen LogP contribution in [0.4, 0.5) is 5.95 Å². The second-order valence-electron chi connectivity index (χ2n) is 7.73. The summed E-state index contributed by atoms with van der Waals surface area (Å²) in [5.41, 5.74) is 2.74. The first kappa shape index (κ1) is 18.1. The van der Waals surface area contributed by atoms with Crippen molar-refractivity contribution in [2.24, 2.45) is 5.41 Å². The summed E-state index contributed by atoms with van der Waals surface area (Å²) in [6.07, 6.45) is 3.32. The van der Waals surface area contributed by atoms with Crippen LogP contribution < -0.4 is 10.1 Å². The number of thioether (sulfide) groups is 1. The molecule has 0 radical (unpaired) electrons. The lowest BCUT2D eigenvalue weighted by Gasteiger charge is -2.38. The summed E-state index contributed by atoms with van der Waals surface area (Å²) in [5.74, 6) is 1.70. The minimum atomic E-state index is -0.260. The van der Waals surface area contributed by atoms with Crippen molar-refractivity contribution in [1.29, 1.82) is 0 Å². The molecule has 0 bridgehead atoms. The molecule has 142 valence electrons. The average Bonchev–Trinajstić information content (AvgIpc) is 3.02. The van der Waals surface area contributed by atoms with Crippen LogP contribution in [0.2, 0.25) is 0 Å². The highest BCUT2D eigenvalue weighted by Crippen LogP contribution is 2.45. The maximum atomic E-state index is 13.1. The van der Waals surface area contributed by atoms with Crippen LogP contribution >= 0.6 is 11.8 Å². The van der Waals surface area contributed by atoms with Crippen molar-refractivity contribution in [1.82, 2.24) is 14.8 Å². The topological polar surface area (TPSA) is 69.0 Å². The number of ketones is 1. The molecule has 1 N–H and O–H groups in total. The predicted molar refractivity (Wildman–Crippen MR) is 106 cm³/mol. The number of ether oxygens (including phenoxy) is 1. The molecule has 2 aromatic rings. The van der Waals surface area contributed by atoms with Crippen LogP contribution in [0.5, 0.6) is 5.75 Å². The van der Waals surface area contributed by atoms with Crippen molar-refractivity contribution in [3.8, 4) is 5.75 Å². The smallest absolute Gasteiger partial charge is 0.227 e. The van der Waals surface area contributed by atoms with Crippen molar-refractivity contribution >= 4 is 23.5 Å². The molecule has 0 amide bonds. The largest absolute Gasteiger partial charge is 0.494 e. The third-order valence-electron chi connectivity index (χ3n) is 5.00. The SMILES string of the molecule is CCOc1ccc(C2C3=C(CC(C)(C)CC3=O)Nc3nc(SC)nn32)cc1. The first-order chi connectivity index (χ1) is 12.9. The molecule has 1 aliphatic heterocycles. The van der Waals surface area contributed by atoms with Crippen molar-refractivity contribution in [2.75, 3.05) is 18.2 Å². The zero-order valence-electron chi connectivity index (χ0n) is 16.1. The highest BCUT2D eigenvalue weighted by atomic mass is 32.2. The summed E-state index contributed by atoms with van der Waals surface area (Å²) in [4.78, 5) is 17.7. The molecule has 0 saturated heterocycles. The van der Waals surface area contributed by atoms with Crippen molar-refractivity contribution in [3.63, 3.8) is 0 Å². The van der Waals surface area contributed by atoms with Crippen molar-refractivity contribution in [2.45, 2.75) is 44.8 Å². The molecule has 0 saturated carbocycles. The highest BCUT2D eigenvalue weighted by Gasteiger charge is 2.41. The van der Waals surface area contributed by atoms with Crippen LogP contribution in [0.3, 0.4) is 0 Å². The Morgan fingerprint density at radius 2 is 2.04 bits per heavy atom. The van der Waals surface area contributed by atoms with Gasteiger partial charge in [0.25, 0.3) is 0 Å². The van der Waals surface area contributed by atoms with Gasteiger partial charge in [-0.2, -0.15) is 4.98 Å².